The summed E-state index contributed by atoms with van der Waals surface area (Å²) in [6.45, 7) is 3.68. The van der Waals surface area contributed by atoms with Crippen LogP contribution in [0.25, 0.3) is 0 Å². The van der Waals surface area contributed by atoms with Crippen LogP contribution >= 0.6 is 0 Å². The van der Waals surface area contributed by atoms with Crippen LogP contribution in [0.2, 0.25) is 0 Å². The smallest absolute Gasteiger partial charge is 0.159 e. The maximum atomic E-state index is 11.7. The zero-order valence-corrected chi connectivity index (χ0v) is 8.95. The summed E-state index contributed by atoms with van der Waals surface area (Å²) >= 11 is 0. The highest BCUT2D eigenvalue weighted by Gasteiger charge is 2.26. The zero-order valence-electron chi connectivity index (χ0n) is 8.95. The molecule has 0 saturated carbocycles. The minimum Gasteiger partial charge on any atom is -0.338 e. The van der Waals surface area contributed by atoms with Gasteiger partial charge in [-0.25, -0.2) is 4.98 Å². The first-order valence-electron chi connectivity index (χ1n) is 4.75. The van der Waals surface area contributed by atoms with E-state index >= 15 is 0 Å². The van der Waals surface area contributed by atoms with Gasteiger partial charge in [-0.1, -0.05) is 6.92 Å². The van der Waals surface area contributed by atoms with Gasteiger partial charge in [0.25, 0.3) is 0 Å². The van der Waals surface area contributed by atoms with Gasteiger partial charge in [0.05, 0.1) is 12.0 Å². The van der Waals surface area contributed by atoms with Crippen molar-refractivity contribution in [1.29, 1.82) is 0 Å². The van der Waals surface area contributed by atoms with Crippen LogP contribution in [0.3, 0.4) is 0 Å². The third-order valence-corrected chi connectivity index (χ3v) is 2.61. The van der Waals surface area contributed by atoms with Crippen molar-refractivity contribution in [2.24, 2.45) is 12.8 Å². The Balaban J connectivity index is 2.71. The van der Waals surface area contributed by atoms with Crippen molar-refractivity contribution in [2.45, 2.75) is 32.2 Å². The average Bonchev–Trinajstić information content (AvgIpc) is 2.52. The van der Waals surface area contributed by atoms with Crippen molar-refractivity contribution in [1.82, 2.24) is 9.55 Å². The van der Waals surface area contributed by atoms with E-state index in [0.717, 1.165) is 5.82 Å². The van der Waals surface area contributed by atoms with Gasteiger partial charge in [-0.05, 0) is 13.3 Å². The molecule has 2 N–H and O–H groups in total. The molecule has 1 heterocycles. The van der Waals surface area contributed by atoms with E-state index in [4.69, 9.17) is 5.73 Å². The summed E-state index contributed by atoms with van der Waals surface area (Å²) in [6, 6.07) is 0. The molecule has 0 fully saturated rings. The number of rotatable bonds is 4. The monoisotopic (exact) mass is 195 g/mol. The molecule has 4 nitrogen and oxygen atoms in total. The molecule has 1 aromatic heterocycles. The van der Waals surface area contributed by atoms with E-state index in [-0.39, 0.29) is 5.78 Å². The van der Waals surface area contributed by atoms with E-state index in [0.29, 0.717) is 12.8 Å². The molecule has 0 spiro atoms. The van der Waals surface area contributed by atoms with Crippen molar-refractivity contribution in [3.8, 4) is 0 Å². The maximum Gasteiger partial charge on any atom is 0.159 e. The number of nitrogens with two attached hydrogens (primary N) is 1. The SMILES string of the molecule is CCC(C)(N)C(=O)Cc1nccn1C. The number of aromatic nitrogens is 2. The first-order valence-corrected chi connectivity index (χ1v) is 4.75. The molecule has 1 atom stereocenters. The second kappa shape index (κ2) is 3.92. The van der Waals surface area contributed by atoms with Crippen molar-refractivity contribution in [3.05, 3.63) is 18.2 Å². The molecule has 0 radical (unpaired) electrons. The van der Waals surface area contributed by atoms with Crippen LogP contribution in [0.4, 0.5) is 0 Å². The van der Waals surface area contributed by atoms with E-state index in [9.17, 15) is 4.79 Å². The van der Waals surface area contributed by atoms with Crippen LogP contribution in [0.15, 0.2) is 12.4 Å². The number of imidazole rings is 1. The number of aryl methyl sites for hydroxylation is 1. The normalized spacial score (nSPS) is 15.1. The average molecular weight is 195 g/mol. The highest BCUT2D eigenvalue weighted by molar-refractivity contribution is 5.88. The molecular formula is C10H17N3O. The van der Waals surface area contributed by atoms with E-state index in [2.05, 4.69) is 4.98 Å². The molecule has 14 heavy (non-hydrogen) atoms. The third kappa shape index (κ3) is 2.20. The minimum atomic E-state index is -0.730. The highest BCUT2D eigenvalue weighted by Crippen LogP contribution is 2.09. The Morgan fingerprint density at radius 3 is 2.79 bits per heavy atom. The topological polar surface area (TPSA) is 60.9 Å². The molecule has 0 aliphatic heterocycles. The van der Waals surface area contributed by atoms with E-state index < -0.39 is 5.54 Å². The molecule has 1 aromatic rings. The third-order valence-electron chi connectivity index (χ3n) is 2.61. The Labute approximate surface area is 84.1 Å². The van der Waals surface area contributed by atoms with Gasteiger partial charge >= 0.3 is 0 Å². The Bertz CT molecular complexity index is 328. The summed E-state index contributed by atoms with van der Waals surface area (Å²) in [5, 5.41) is 0. The van der Waals surface area contributed by atoms with Gasteiger partial charge in [0.15, 0.2) is 5.78 Å². The summed E-state index contributed by atoms with van der Waals surface area (Å²) < 4.78 is 1.84. The quantitative estimate of drug-likeness (QED) is 0.767. The predicted molar refractivity (Wildman–Crippen MR) is 54.8 cm³/mol. The number of hydrogen-bond donors (Lipinski definition) is 1. The zero-order chi connectivity index (χ0) is 10.8. The molecule has 0 bridgehead atoms. The molecule has 0 saturated heterocycles. The number of nitrogens with zero attached hydrogens (tertiary/aromatic N) is 2. The van der Waals surface area contributed by atoms with Gasteiger partial charge in [0, 0.05) is 19.4 Å². The lowest BCUT2D eigenvalue weighted by atomic mass is 9.92. The van der Waals surface area contributed by atoms with Crippen LogP contribution in [0.1, 0.15) is 26.1 Å². The predicted octanol–water partition coefficient (Wildman–Crippen LogP) is 0.659. The largest absolute Gasteiger partial charge is 0.338 e. The Morgan fingerprint density at radius 1 is 1.71 bits per heavy atom. The molecule has 0 amide bonds. The maximum absolute atomic E-state index is 11.7. The lowest BCUT2D eigenvalue weighted by molar-refractivity contribution is -0.123. The number of hydrogen-bond acceptors (Lipinski definition) is 3. The molecule has 4 heteroatoms. The van der Waals surface area contributed by atoms with Crippen molar-refractivity contribution < 1.29 is 4.79 Å². The van der Waals surface area contributed by atoms with Gasteiger partial charge in [-0.3, -0.25) is 4.79 Å². The Hall–Kier alpha value is -1.16. The molecular weight excluding hydrogens is 178 g/mol. The minimum absolute atomic E-state index is 0.0364. The fraction of sp³-hybridized carbons (Fsp3) is 0.600. The summed E-state index contributed by atoms with van der Waals surface area (Å²) in [6.07, 6.45) is 4.46. The van der Waals surface area contributed by atoms with Crippen molar-refractivity contribution in [3.63, 3.8) is 0 Å². The number of ketones is 1. The summed E-state index contributed by atoms with van der Waals surface area (Å²) in [5.74, 6) is 0.800. The van der Waals surface area contributed by atoms with Crippen LogP contribution in [-0.2, 0) is 18.3 Å². The summed E-state index contributed by atoms with van der Waals surface area (Å²) in [4.78, 5) is 15.8. The summed E-state index contributed by atoms with van der Waals surface area (Å²) in [7, 11) is 1.87. The highest BCUT2D eigenvalue weighted by atomic mass is 16.1. The van der Waals surface area contributed by atoms with Gasteiger partial charge in [-0.2, -0.15) is 0 Å². The second-order valence-electron chi connectivity index (χ2n) is 3.83. The van der Waals surface area contributed by atoms with Crippen molar-refractivity contribution in [2.75, 3.05) is 0 Å². The molecule has 0 aliphatic rings. The van der Waals surface area contributed by atoms with Crippen LogP contribution < -0.4 is 5.73 Å². The summed E-state index contributed by atoms with van der Waals surface area (Å²) in [5.41, 5.74) is 5.11. The van der Waals surface area contributed by atoms with Gasteiger partial charge in [0.1, 0.15) is 5.82 Å². The Kier molecular flexibility index (Phi) is 3.06. The molecule has 1 rings (SSSR count). The van der Waals surface area contributed by atoms with E-state index in [1.165, 1.54) is 0 Å². The second-order valence-corrected chi connectivity index (χ2v) is 3.83. The molecule has 78 valence electrons. The van der Waals surface area contributed by atoms with Crippen LogP contribution in [0.5, 0.6) is 0 Å². The lowest BCUT2D eigenvalue weighted by Crippen LogP contribution is -2.45. The molecule has 1 unspecified atom stereocenters. The van der Waals surface area contributed by atoms with Gasteiger partial charge in [0.2, 0.25) is 0 Å². The van der Waals surface area contributed by atoms with Gasteiger partial charge in [-0.15, -0.1) is 0 Å². The van der Waals surface area contributed by atoms with Crippen molar-refractivity contribution >= 4 is 5.78 Å². The van der Waals surface area contributed by atoms with Crippen LogP contribution in [0, 0.1) is 0 Å². The van der Waals surface area contributed by atoms with E-state index in [1.807, 2.05) is 24.7 Å². The standard InChI is InChI=1S/C10H17N3O/c1-4-10(2,11)8(14)7-9-12-5-6-13(9)3/h5-6H,4,7,11H2,1-3H3. The molecule has 0 aliphatic carbocycles. The number of carbonyl (C=O) groups excluding carboxylic acids is 1. The first kappa shape index (κ1) is 10.9. The lowest BCUT2D eigenvalue weighted by Gasteiger charge is -2.20. The molecule has 0 aromatic carbocycles. The van der Waals surface area contributed by atoms with E-state index in [1.54, 1.807) is 13.1 Å². The van der Waals surface area contributed by atoms with Crippen LogP contribution in [-0.4, -0.2) is 20.9 Å². The Morgan fingerprint density at radius 2 is 2.36 bits per heavy atom. The number of Topliss-reactive ketones (excluding diaryl/α,β-unsaturated/α-hetero) is 1. The first-order chi connectivity index (χ1) is 6.47. The fourth-order valence-electron chi connectivity index (χ4n) is 1.11. The van der Waals surface area contributed by atoms with Gasteiger partial charge < -0.3 is 10.3 Å². The number of carbonyl (C=O) groups is 1. The fourth-order valence-corrected chi connectivity index (χ4v) is 1.11.